The number of esters is 2. The first kappa shape index (κ1) is 109. The predicted octanol–water partition coefficient (Wildman–Crippen LogP) is 9.65. The fraction of sp³-hybridized carbons (Fsp3) is 0.754. The van der Waals surface area contributed by atoms with E-state index in [1.54, 1.807) is 31.2 Å². The molecule has 1 unspecified atom stereocenters. The molecule has 119 heavy (non-hydrogen) atoms. The van der Waals surface area contributed by atoms with Crippen LogP contribution in [-0.2, 0) is 270 Å². The van der Waals surface area contributed by atoms with Gasteiger partial charge in [-0.25, -0.2) is 9.68 Å². The number of nitrogens with one attached hydrogen (secondary N) is 2. The van der Waals surface area contributed by atoms with Crippen molar-refractivity contribution in [3.05, 3.63) is 48.1 Å². The van der Waals surface area contributed by atoms with Gasteiger partial charge in [-0.05, 0) is 65.6 Å². The average molecular weight is 1780 g/mol. The smallest absolute Gasteiger partial charge is 0.407 e. The van der Waals surface area contributed by atoms with E-state index in [2.05, 4.69) is 266 Å². The van der Waals surface area contributed by atoms with Crippen molar-refractivity contribution in [3.8, 4) is 11.4 Å². The predicted molar refractivity (Wildman–Crippen MR) is 340 cm³/mol. The highest BCUT2D eigenvalue weighted by atomic mass is 31.2. The molecule has 690 valence electrons. The summed E-state index contributed by atoms with van der Waals surface area (Å²) in [4.78, 5) is 70.9. The van der Waals surface area contributed by atoms with Gasteiger partial charge in [0.05, 0.1) is 19.6 Å². The van der Waals surface area contributed by atoms with Gasteiger partial charge in [-0.1, -0.05) is 218 Å². The third-order valence-electron chi connectivity index (χ3n) is 13.9. The molecule has 0 radical (unpaired) electrons. The SMILES string of the molecule is CCCCCCCCCCCCCCCCCC(=O)OC[C@H](COP(=O)([O-])OCCNC(=O)OCCOOOOOOOOOOOOOOOOOOOOOOOOOOOOOOOOOOOOOOOOOOOO/C=C\NC(=O)Cc1ccc(-c2nnc(C)nn2)cc1)OC(=O)CCCCCCCCCCCCCCCCC. The van der Waals surface area contributed by atoms with E-state index < -0.39 is 70.9 Å². The zero-order chi connectivity index (χ0) is 85.4. The van der Waals surface area contributed by atoms with Crippen LogP contribution in [0, 0.1) is 6.92 Å². The van der Waals surface area contributed by atoms with Gasteiger partial charge in [-0.15, -0.1) is 20.4 Å². The van der Waals surface area contributed by atoms with Crippen LogP contribution in [0.5, 0.6) is 0 Å². The van der Waals surface area contributed by atoms with E-state index in [0.717, 1.165) is 63.8 Å². The van der Waals surface area contributed by atoms with Crippen LogP contribution in [0.1, 0.15) is 231 Å². The van der Waals surface area contributed by atoms with E-state index in [4.69, 9.17) is 23.3 Å². The second-order valence-corrected chi connectivity index (χ2v) is 24.0. The highest BCUT2D eigenvalue weighted by Crippen LogP contribution is 2.38. The van der Waals surface area contributed by atoms with Gasteiger partial charge in [0.2, 0.25) is 11.7 Å². The molecule has 1 aromatic heterocycles. The number of phosphoric ester groups is 1. The summed E-state index contributed by atoms with van der Waals surface area (Å²) in [6.45, 7) is 3.12. The molecule has 0 aliphatic heterocycles. The van der Waals surface area contributed by atoms with Gasteiger partial charge in [0.15, 0.2) is 11.9 Å². The number of ether oxygens (including phenoxy) is 3. The summed E-state index contributed by atoms with van der Waals surface area (Å²) < 4.78 is 38.1. The molecule has 61 nitrogen and oxygen atoms in total. The van der Waals surface area contributed by atoms with Crippen molar-refractivity contribution >= 4 is 31.8 Å². The van der Waals surface area contributed by atoms with Gasteiger partial charge >= 0.3 is 18.0 Å². The number of aryl methyl sites for hydroxylation is 1. The standard InChI is InChI=1S/C57H97N6O55P/c1-4-6-8-10-12-14-16-18-20-22-24-26-28-30-32-34-54(65)71-47-52(76-55(66)35-33-31-29-27-25-23-21-19-17-15-13-11-9-7-5-2)48-75-119(68,69)74-43-41-59-57(67)70-44-45-73-78-80-82-84-86-88-90-92-94-96-98-100-102-104-106-108-110-112-114-116-118-117-115-113-111-109-107-105-103-101-99-97-95-93-91-89-87-85-83-81-79-77-72-42-40-58-53(64)46-50-36-38-51(39-37-50)56-62-60-49(3)61-63-56/h36-40,42,52H,4-35,41,43-48H2,1-3H3,(H,58,64)(H,59,67)(H,68,69)/p-1/b42-40-/t52-/m1/s1. The van der Waals surface area contributed by atoms with Crippen molar-refractivity contribution in [2.75, 3.05) is 39.6 Å². The van der Waals surface area contributed by atoms with Gasteiger partial charge in [0, 0.05) is 202 Å². The first-order valence-electron chi connectivity index (χ1n) is 36.2. The monoisotopic (exact) mass is 1780 g/mol. The van der Waals surface area contributed by atoms with Gasteiger partial charge in [0.1, 0.15) is 26.1 Å². The number of aromatic nitrogens is 4. The Hall–Kier alpha value is -6.23. The third kappa shape index (κ3) is 77.6. The number of carbonyl (C=O) groups is 4. The maximum atomic E-state index is 12.9. The summed E-state index contributed by atoms with van der Waals surface area (Å²) in [6, 6.07) is 6.79. The average Bonchev–Trinajstić information content (AvgIpc) is 0.859. The molecule has 2 aromatic rings. The lowest BCUT2D eigenvalue weighted by molar-refractivity contribution is -0.909. The fourth-order valence-electron chi connectivity index (χ4n) is 8.75. The quantitative estimate of drug-likeness (QED) is 0.0118. The number of unbranched alkanes of at least 4 members (excludes halogenated alkanes) is 28. The molecule has 0 bridgehead atoms. The number of amides is 2. The third-order valence-corrected chi connectivity index (χ3v) is 14.9. The van der Waals surface area contributed by atoms with Crippen LogP contribution >= 0.6 is 7.82 Å². The van der Waals surface area contributed by atoms with E-state index in [1.807, 2.05) is 0 Å². The molecule has 2 amide bonds. The van der Waals surface area contributed by atoms with E-state index in [0.29, 0.717) is 35.6 Å². The summed E-state index contributed by atoms with van der Waals surface area (Å²) in [6.07, 6.45) is 34.9. The minimum absolute atomic E-state index is 0.00985. The van der Waals surface area contributed by atoms with Gasteiger partial charge in [-0.2, -0.15) is 0 Å². The molecule has 0 aliphatic carbocycles. The summed E-state index contributed by atoms with van der Waals surface area (Å²) in [5, 5.41) is 173. The molecule has 2 N–H and O–H groups in total. The molecule has 2 atom stereocenters. The van der Waals surface area contributed by atoms with Crippen LogP contribution in [0.3, 0.4) is 0 Å². The maximum Gasteiger partial charge on any atom is 0.407 e. The molecule has 0 spiro atoms. The highest BCUT2D eigenvalue weighted by Gasteiger charge is 2.22. The minimum Gasteiger partial charge on any atom is -0.756 e. The number of hydrogen-bond donors (Lipinski definition) is 2. The van der Waals surface area contributed by atoms with Crippen molar-refractivity contribution < 1.29 is 273 Å². The molecule has 0 fully saturated rings. The summed E-state index contributed by atoms with van der Waals surface area (Å²) in [7, 11) is -5.02. The van der Waals surface area contributed by atoms with Crippen LogP contribution in [0.4, 0.5) is 4.79 Å². The van der Waals surface area contributed by atoms with Crippen LogP contribution < -0.4 is 15.5 Å². The number of nitrogens with zero attached hydrogens (tertiary/aromatic N) is 4. The number of benzene rings is 1. The van der Waals surface area contributed by atoms with Gasteiger partial charge in [-0.3, -0.25) is 18.9 Å². The lowest BCUT2D eigenvalue weighted by atomic mass is 10.0. The molecule has 0 saturated heterocycles. The second kappa shape index (κ2) is 85.3. The lowest BCUT2D eigenvalue weighted by Gasteiger charge is -2.25. The molecule has 0 saturated carbocycles. The first-order valence-corrected chi connectivity index (χ1v) is 37.7. The van der Waals surface area contributed by atoms with Crippen LogP contribution in [0.15, 0.2) is 36.7 Å². The molecule has 62 heteroatoms. The number of alkyl carbamates (subject to hydrolysis) is 1. The first-order chi connectivity index (χ1) is 58.5. The van der Waals surface area contributed by atoms with E-state index in [9.17, 15) is 28.6 Å². The Balaban J connectivity index is 1.31. The molecule has 0 aliphatic rings. The zero-order valence-electron chi connectivity index (χ0n) is 64.3. The van der Waals surface area contributed by atoms with Gasteiger partial charge in [0.25, 0.3) is 7.82 Å². The Bertz CT molecular complexity index is 2680. The minimum atomic E-state index is -5.02. The Morgan fingerprint density at radius 3 is 1.09 bits per heavy atom. The number of rotatable bonds is 93. The van der Waals surface area contributed by atoms with Crippen LogP contribution in [-0.4, -0.2) is 90.0 Å². The van der Waals surface area contributed by atoms with Crippen molar-refractivity contribution in [3.63, 3.8) is 0 Å². The topological polar surface area (TPSA) is 636 Å². The zero-order valence-corrected chi connectivity index (χ0v) is 65.2. The number of phosphoric acid groups is 1. The molecule has 1 heterocycles. The molecular formula is C57H96N6O55P-. The maximum absolute atomic E-state index is 12.9. The molecule has 2 rings (SSSR count). The largest absolute Gasteiger partial charge is 0.756 e. The van der Waals surface area contributed by atoms with Crippen molar-refractivity contribution in [2.24, 2.45) is 0 Å². The van der Waals surface area contributed by atoms with Crippen LogP contribution in [0.2, 0.25) is 0 Å². The number of carbonyl (C=O) groups excluding carboxylic acids is 4. The summed E-state index contributed by atoms with van der Waals surface area (Å²) in [5.74, 6) is -0.761. The molecular weight excluding hydrogens is 1680 g/mol. The summed E-state index contributed by atoms with van der Waals surface area (Å²) in [5.41, 5.74) is 1.33. The van der Waals surface area contributed by atoms with Crippen molar-refractivity contribution in [1.82, 2.24) is 31.0 Å². The Morgan fingerprint density at radius 2 is 0.723 bits per heavy atom. The van der Waals surface area contributed by atoms with E-state index in [-0.39, 0.29) is 25.8 Å². The Kier molecular flexibility index (Phi) is 78.1. The van der Waals surface area contributed by atoms with Crippen molar-refractivity contribution in [1.29, 1.82) is 0 Å². The normalized spacial score (nSPS) is 12.3. The van der Waals surface area contributed by atoms with Gasteiger partial charge < -0.3 is 43.7 Å². The second-order valence-electron chi connectivity index (χ2n) is 22.6. The van der Waals surface area contributed by atoms with Crippen LogP contribution in [0.25, 0.3) is 11.4 Å². The fourth-order valence-corrected chi connectivity index (χ4v) is 9.48. The Labute approximate surface area is 672 Å². The van der Waals surface area contributed by atoms with E-state index >= 15 is 0 Å². The molecule has 1 aromatic carbocycles. The Morgan fingerprint density at radius 1 is 0.387 bits per heavy atom. The highest BCUT2D eigenvalue weighted by molar-refractivity contribution is 7.45. The summed E-state index contributed by atoms with van der Waals surface area (Å²) >= 11 is 0. The number of hydrogen-bond acceptors (Lipinski definition) is 59. The lowest BCUT2D eigenvalue weighted by Crippen LogP contribution is -2.31. The van der Waals surface area contributed by atoms with E-state index in [1.165, 1.54) is 128 Å². The van der Waals surface area contributed by atoms with Crippen molar-refractivity contribution in [2.45, 2.75) is 239 Å².